The first-order chi connectivity index (χ1) is 10.0. The molecule has 2 fully saturated rings. The van der Waals surface area contributed by atoms with Gasteiger partial charge in [-0.15, -0.1) is 12.4 Å². The van der Waals surface area contributed by atoms with E-state index in [2.05, 4.69) is 5.32 Å². The minimum Gasteiger partial charge on any atom is -0.354 e. The van der Waals surface area contributed by atoms with Crippen LogP contribution in [0.1, 0.15) is 50.5 Å². The maximum Gasteiger partial charge on any atom is 0.240 e. The lowest BCUT2D eigenvalue weighted by Crippen LogP contribution is -2.49. The molecule has 122 valence electrons. The van der Waals surface area contributed by atoms with Crippen LogP contribution in [-0.2, 0) is 10.2 Å². The van der Waals surface area contributed by atoms with Gasteiger partial charge >= 0.3 is 0 Å². The van der Waals surface area contributed by atoms with Crippen LogP contribution < -0.4 is 11.1 Å². The van der Waals surface area contributed by atoms with Crippen LogP contribution in [0, 0.1) is 5.82 Å². The SMILES string of the molecule is Cl.NC1(C(=O)NCC2(c3cccc(F)c3)CCCCC2)CC1. The molecule has 2 aliphatic carbocycles. The van der Waals surface area contributed by atoms with Gasteiger partial charge in [0.05, 0.1) is 5.54 Å². The van der Waals surface area contributed by atoms with Crippen LogP contribution in [0.15, 0.2) is 24.3 Å². The van der Waals surface area contributed by atoms with Gasteiger partial charge in [0, 0.05) is 12.0 Å². The van der Waals surface area contributed by atoms with E-state index in [0.717, 1.165) is 44.1 Å². The first kappa shape index (κ1) is 17.2. The van der Waals surface area contributed by atoms with E-state index in [0.29, 0.717) is 6.54 Å². The summed E-state index contributed by atoms with van der Waals surface area (Å²) in [6.45, 7) is 0.564. The first-order valence-corrected chi connectivity index (χ1v) is 7.87. The van der Waals surface area contributed by atoms with Gasteiger partial charge in [-0.05, 0) is 43.4 Å². The van der Waals surface area contributed by atoms with Crippen molar-refractivity contribution in [2.24, 2.45) is 5.73 Å². The summed E-state index contributed by atoms with van der Waals surface area (Å²) in [5.41, 5.74) is 6.16. The zero-order valence-corrected chi connectivity index (χ0v) is 13.6. The molecule has 2 saturated carbocycles. The number of rotatable bonds is 4. The Morgan fingerprint density at radius 2 is 1.86 bits per heavy atom. The molecule has 0 aromatic heterocycles. The van der Waals surface area contributed by atoms with Crippen molar-refractivity contribution in [1.82, 2.24) is 5.32 Å². The summed E-state index contributed by atoms with van der Waals surface area (Å²) in [4.78, 5) is 12.1. The van der Waals surface area contributed by atoms with Crippen LogP contribution in [0.5, 0.6) is 0 Å². The van der Waals surface area contributed by atoms with E-state index in [1.54, 1.807) is 12.1 Å². The molecule has 3 rings (SSSR count). The molecule has 0 bridgehead atoms. The second-order valence-corrected chi connectivity index (χ2v) is 6.69. The largest absolute Gasteiger partial charge is 0.354 e. The average molecular weight is 327 g/mol. The third kappa shape index (κ3) is 3.44. The maximum absolute atomic E-state index is 13.6. The molecule has 5 heteroatoms. The highest BCUT2D eigenvalue weighted by Gasteiger charge is 2.46. The molecule has 1 aromatic rings. The molecular formula is C17H24ClFN2O. The van der Waals surface area contributed by atoms with Crippen LogP contribution in [0.25, 0.3) is 0 Å². The van der Waals surface area contributed by atoms with Gasteiger partial charge in [-0.25, -0.2) is 4.39 Å². The maximum atomic E-state index is 13.6. The van der Waals surface area contributed by atoms with Gasteiger partial charge in [0.25, 0.3) is 0 Å². The third-order valence-electron chi connectivity index (χ3n) is 5.08. The zero-order chi connectivity index (χ0) is 14.9. The number of carbonyl (C=O) groups is 1. The molecule has 0 radical (unpaired) electrons. The second-order valence-electron chi connectivity index (χ2n) is 6.69. The van der Waals surface area contributed by atoms with Crippen LogP contribution in [0.3, 0.4) is 0 Å². The Bertz CT molecular complexity index is 539. The van der Waals surface area contributed by atoms with E-state index in [4.69, 9.17) is 5.73 Å². The molecule has 0 spiro atoms. The third-order valence-corrected chi connectivity index (χ3v) is 5.08. The predicted molar refractivity (Wildman–Crippen MR) is 87.6 cm³/mol. The minimum absolute atomic E-state index is 0. The number of carbonyl (C=O) groups excluding carboxylic acids is 1. The van der Waals surface area contributed by atoms with E-state index >= 15 is 0 Å². The fraction of sp³-hybridized carbons (Fsp3) is 0.588. The molecule has 22 heavy (non-hydrogen) atoms. The van der Waals surface area contributed by atoms with Crippen molar-refractivity contribution >= 4 is 18.3 Å². The van der Waals surface area contributed by atoms with Crippen molar-refractivity contribution in [3.05, 3.63) is 35.6 Å². The summed E-state index contributed by atoms with van der Waals surface area (Å²) < 4.78 is 13.6. The number of hydrogen-bond acceptors (Lipinski definition) is 2. The minimum atomic E-state index is -0.641. The molecule has 0 saturated heterocycles. The molecule has 0 unspecified atom stereocenters. The Morgan fingerprint density at radius 3 is 2.45 bits per heavy atom. The summed E-state index contributed by atoms with van der Waals surface area (Å²) in [7, 11) is 0. The summed E-state index contributed by atoms with van der Waals surface area (Å²) in [5, 5.41) is 3.03. The molecule has 2 aliphatic rings. The van der Waals surface area contributed by atoms with Gasteiger partial charge in [-0.2, -0.15) is 0 Å². The van der Waals surface area contributed by atoms with Crippen LogP contribution in [-0.4, -0.2) is 18.0 Å². The number of nitrogens with one attached hydrogen (secondary N) is 1. The van der Waals surface area contributed by atoms with E-state index in [9.17, 15) is 9.18 Å². The van der Waals surface area contributed by atoms with Crippen LogP contribution >= 0.6 is 12.4 Å². The van der Waals surface area contributed by atoms with Crippen molar-refractivity contribution in [1.29, 1.82) is 0 Å². The number of hydrogen-bond donors (Lipinski definition) is 2. The van der Waals surface area contributed by atoms with Gasteiger partial charge in [0.15, 0.2) is 0 Å². The Kier molecular flexibility index (Phi) is 5.13. The van der Waals surface area contributed by atoms with Crippen molar-refractivity contribution in [3.63, 3.8) is 0 Å². The van der Waals surface area contributed by atoms with E-state index in [1.807, 2.05) is 6.07 Å². The highest BCUT2D eigenvalue weighted by Crippen LogP contribution is 2.40. The van der Waals surface area contributed by atoms with Crippen molar-refractivity contribution in [2.75, 3.05) is 6.54 Å². The zero-order valence-electron chi connectivity index (χ0n) is 12.7. The highest BCUT2D eigenvalue weighted by atomic mass is 35.5. The average Bonchev–Trinajstić information content (AvgIpc) is 3.25. The molecule has 1 aromatic carbocycles. The van der Waals surface area contributed by atoms with Gasteiger partial charge in [-0.1, -0.05) is 31.4 Å². The Balaban J connectivity index is 0.00000176. The quantitative estimate of drug-likeness (QED) is 0.893. The molecular weight excluding hydrogens is 303 g/mol. The summed E-state index contributed by atoms with van der Waals surface area (Å²) in [5.74, 6) is -0.259. The lowest BCUT2D eigenvalue weighted by atomic mass is 9.69. The smallest absolute Gasteiger partial charge is 0.240 e. The molecule has 1 amide bonds. The van der Waals surface area contributed by atoms with Crippen molar-refractivity contribution < 1.29 is 9.18 Å². The number of nitrogens with two attached hydrogens (primary N) is 1. The van der Waals surface area contributed by atoms with Gasteiger partial charge in [0.2, 0.25) is 5.91 Å². The second kappa shape index (κ2) is 6.55. The normalized spacial score (nSPS) is 21.5. The van der Waals surface area contributed by atoms with Gasteiger partial charge in [0.1, 0.15) is 5.82 Å². The van der Waals surface area contributed by atoms with E-state index in [1.165, 1.54) is 12.5 Å². The highest BCUT2D eigenvalue weighted by molar-refractivity contribution is 5.89. The summed E-state index contributed by atoms with van der Waals surface area (Å²) in [6.07, 6.45) is 6.99. The van der Waals surface area contributed by atoms with Crippen LogP contribution in [0.4, 0.5) is 4.39 Å². The summed E-state index contributed by atoms with van der Waals surface area (Å²) in [6, 6.07) is 6.83. The van der Waals surface area contributed by atoms with Crippen molar-refractivity contribution in [3.8, 4) is 0 Å². The molecule has 0 atom stereocenters. The fourth-order valence-electron chi connectivity index (χ4n) is 3.40. The standard InChI is InChI=1S/C17H23FN2O.ClH/c18-14-6-4-5-13(11-14)16(7-2-1-3-8-16)12-20-15(21)17(19)9-10-17;/h4-6,11H,1-3,7-10,12,19H2,(H,20,21);1H. The number of halogens is 2. The Hall–Kier alpha value is -1.13. The molecule has 0 aliphatic heterocycles. The summed E-state index contributed by atoms with van der Waals surface area (Å²) >= 11 is 0. The van der Waals surface area contributed by atoms with E-state index < -0.39 is 5.54 Å². The fourth-order valence-corrected chi connectivity index (χ4v) is 3.40. The van der Waals surface area contributed by atoms with E-state index in [-0.39, 0.29) is 29.5 Å². The molecule has 3 nitrogen and oxygen atoms in total. The molecule has 0 heterocycles. The lowest BCUT2D eigenvalue weighted by Gasteiger charge is -2.38. The molecule has 3 N–H and O–H groups in total. The van der Waals surface area contributed by atoms with Crippen LogP contribution in [0.2, 0.25) is 0 Å². The topological polar surface area (TPSA) is 55.1 Å². The number of benzene rings is 1. The number of amides is 1. The predicted octanol–water partition coefficient (Wildman–Crippen LogP) is 3.06. The first-order valence-electron chi connectivity index (χ1n) is 7.87. The Morgan fingerprint density at radius 1 is 1.18 bits per heavy atom. The van der Waals surface area contributed by atoms with Gasteiger partial charge < -0.3 is 11.1 Å². The monoisotopic (exact) mass is 326 g/mol. The van der Waals surface area contributed by atoms with Crippen molar-refractivity contribution in [2.45, 2.75) is 55.9 Å². The lowest BCUT2D eigenvalue weighted by molar-refractivity contribution is -0.123. The Labute approximate surface area is 137 Å². The van der Waals surface area contributed by atoms with Gasteiger partial charge in [-0.3, -0.25) is 4.79 Å².